The van der Waals surface area contributed by atoms with Crippen LogP contribution in [0.3, 0.4) is 0 Å². The number of carbonyl (C=O) groups excluding carboxylic acids is 2. The molecule has 1 aromatic carbocycles. The molecule has 2 heterocycles. The molecule has 9 nitrogen and oxygen atoms in total. The number of hydrogen-bond donors (Lipinski definition) is 1. The first kappa shape index (κ1) is 24.1. The molecule has 1 fully saturated rings. The second-order valence-corrected chi connectivity index (χ2v) is 7.97. The van der Waals surface area contributed by atoms with Gasteiger partial charge in [0, 0.05) is 42.6 Å². The highest BCUT2D eigenvalue weighted by Crippen LogP contribution is 2.45. The molecule has 0 spiro atoms. The number of nitrogens with zero attached hydrogens (tertiary/aromatic N) is 2. The average Bonchev–Trinajstić information content (AvgIpc) is 3.07. The second-order valence-electron chi connectivity index (χ2n) is 7.97. The van der Waals surface area contributed by atoms with Crippen molar-refractivity contribution in [1.29, 1.82) is 0 Å². The lowest BCUT2D eigenvalue weighted by Crippen LogP contribution is -3.05. The van der Waals surface area contributed by atoms with Crippen LogP contribution in [0.1, 0.15) is 23.6 Å². The number of Topliss-reactive ketones (excluding diaryl/α,β-unsaturated/α-hetero) is 1. The third-order valence-electron chi connectivity index (χ3n) is 5.58. The molecule has 0 radical (unpaired) electrons. The van der Waals surface area contributed by atoms with Crippen molar-refractivity contribution in [2.75, 3.05) is 48.5 Å². The number of nitrogens with one attached hydrogen (secondary N) is 1. The van der Waals surface area contributed by atoms with Gasteiger partial charge >= 0.3 is 0 Å². The smallest absolute Gasteiger partial charge is 0.295 e. The zero-order valence-corrected chi connectivity index (χ0v) is 19.5. The largest absolute Gasteiger partial charge is 0.872 e. The zero-order valence-electron chi connectivity index (χ0n) is 19.5. The van der Waals surface area contributed by atoms with E-state index in [1.807, 2.05) is 14.1 Å². The molecular formula is C24H29N3O6. The number of aromatic nitrogens is 1. The van der Waals surface area contributed by atoms with E-state index < -0.39 is 23.5 Å². The Kier molecular flexibility index (Phi) is 7.55. The molecule has 0 saturated carbocycles. The molecule has 1 amide bonds. The molecule has 1 aliphatic rings. The van der Waals surface area contributed by atoms with Crippen LogP contribution in [-0.2, 0) is 9.59 Å². The van der Waals surface area contributed by atoms with Crippen molar-refractivity contribution in [2.45, 2.75) is 12.5 Å². The SMILES string of the molecule is COc1cc(OC)c(C2/C(=C(\[O-])c3ccncc3)C(=O)C(=O)N2CCC[NH+](C)C)cc1OC. The van der Waals surface area contributed by atoms with Gasteiger partial charge in [0.15, 0.2) is 11.5 Å². The van der Waals surface area contributed by atoms with Gasteiger partial charge in [-0.25, -0.2) is 0 Å². The molecule has 1 atom stereocenters. The van der Waals surface area contributed by atoms with Gasteiger partial charge in [-0.05, 0) is 23.8 Å². The number of pyridine rings is 1. The van der Waals surface area contributed by atoms with E-state index in [4.69, 9.17) is 14.2 Å². The Bertz CT molecular complexity index is 1050. The molecule has 33 heavy (non-hydrogen) atoms. The maximum absolute atomic E-state index is 13.4. The Morgan fingerprint density at radius 1 is 1.03 bits per heavy atom. The summed E-state index contributed by atoms with van der Waals surface area (Å²) in [5.74, 6) is -0.826. The maximum atomic E-state index is 13.4. The lowest BCUT2D eigenvalue weighted by Gasteiger charge is -2.29. The third-order valence-corrected chi connectivity index (χ3v) is 5.58. The van der Waals surface area contributed by atoms with E-state index in [9.17, 15) is 14.7 Å². The fourth-order valence-corrected chi connectivity index (χ4v) is 3.95. The zero-order chi connectivity index (χ0) is 24.1. The van der Waals surface area contributed by atoms with Gasteiger partial charge in [-0.3, -0.25) is 14.6 Å². The number of rotatable bonds is 9. The minimum absolute atomic E-state index is 0.117. The lowest BCUT2D eigenvalue weighted by atomic mass is 9.94. The van der Waals surface area contributed by atoms with Gasteiger partial charge in [0.25, 0.3) is 5.91 Å². The number of quaternary nitrogens is 1. The number of methoxy groups -OCH3 is 3. The van der Waals surface area contributed by atoms with Crippen molar-refractivity contribution in [3.05, 3.63) is 53.4 Å². The summed E-state index contributed by atoms with van der Waals surface area (Å²) >= 11 is 0. The number of amides is 1. The molecule has 1 unspecified atom stereocenters. The molecule has 0 aliphatic carbocycles. The van der Waals surface area contributed by atoms with E-state index in [2.05, 4.69) is 4.98 Å². The van der Waals surface area contributed by atoms with Crippen LogP contribution in [-0.4, -0.2) is 70.1 Å². The highest BCUT2D eigenvalue weighted by molar-refractivity contribution is 6.46. The molecule has 1 aliphatic heterocycles. The van der Waals surface area contributed by atoms with Crippen LogP contribution in [0.5, 0.6) is 17.2 Å². The predicted octanol–water partition coefficient (Wildman–Crippen LogP) is -0.134. The van der Waals surface area contributed by atoms with E-state index in [0.29, 0.717) is 35.8 Å². The van der Waals surface area contributed by atoms with Crippen molar-refractivity contribution >= 4 is 17.4 Å². The molecule has 1 saturated heterocycles. The van der Waals surface area contributed by atoms with Gasteiger partial charge in [0.1, 0.15) is 5.75 Å². The van der Waals surface area contributed by atoms with E-state index in [0.717, 1.165) is 6.54 Å². The standard InChI is InChI=1S/C24H29N3O6/c1-26(2)11-6-12-27-21(16-13-18(32-4)19(33-5)14-17(16)31-3)20(23(29)24(27)30)22(28)15-7-9-25-10-8-15/h7-10,13-14,21,28H,6,11-12H2,1-5H3/b22-20+. The molecular weight excluding hydrogens is 426 g/mol. The number of carbonyl (C=O) groups is 2. The van der Waals surface area contributed by atoms with Crippen LogP contribution in [0, 0.1) is 0 Å². The van der Waals surface area contributed by atoms with Crippen molar-refractivity contribution in [2.24, 2.45) is 0 Å². The predicted molar refractivity (Wildman–Crippen MR) is 119 cm³/mol. The Morgan fingerprint density at radius 2 is 1.64 bits per heavy atom. The van der Waals surface area contributed by atoms with Crippen LogP contribution in [0.15, 0.2) is 42.2 Å². The summed E-state index contributed by atoms with van der Waals surface area (Å²) in [5.41, 5.74) is 0.642. The van der Waals surface area contributed by atoms with E-state index in [1.54, 1.807) is 12.1 Å². The first-order chi connectivity index (χ1) is 15.8. The molecule has 1 N–H and O–H groups in total. The van der Waals surface area contributed by atoms with Crippen LogP contribution in [0.2, 0.25) is 0 Å². The van der Waals surface area contributed by atoms with Crippen molar-refractivity contribution in [3.8, 4) is 17.2 Å². The maximum Gasteiger partial charge on any atom is 0.295 e. The summed E-state index contributed by atoms with van der Waals surface area (Å²) in [5, 5.41) is 13.4. The topological polar surface area (TPSA) is 105 Å². The van der Waals surface area contributed by atoms with Crippen LogP contribution < -0.4 is 24.2 Å². The van der Waals surface area contributed by atoms with Gasteiger partial charge in [-0.2, -0.15) is 0 Å². The van der Waals surface area contributed by atoms with Gasteiger partial charge in [-0.1, -0.05) is 5.76 Å². The highest BCUT2D eigenvalue weighted by Gasteiger charge is 2.45. The van der Waals surface area contributed by atoms with Crippen molar-refractivity contribution < 1.29 is 33.8 Å². The molecule has 9 heteroatoms. The number of benzene rings is 1. The van der Waals surface area contributed by atoms with Crippen molar-refractivity contribution in [3.63, 3.8) is 0 Å². The molecule has 176 valence electrons. The third kappa shape index (κ3) is 4.78. The summed E-state index contributed by atoms with van der Waals surface area (Å²) in [6.45, 7) is 1.10. The Morgan fingerprint density at radius 3 is 2.21 bits per heavy atom. The van der Waals surface area contributed by atoms with Crippen LogP contribution in [0.4, 0.5) is 0 Å². The van der Waals surface area contributed by atoms with E-state index in [-0.39, 0.29) is 11.1 Å². The normalized spacial score (nSPS) is 17.5. The van der Waals surface area contributed by atoms with Gasteiger partial charge in [0.05, 0.1) is 48.0 Å². The molecule has 2 aromatic rings. The van der Waals surface area contributed by atoms with Crippen molar-refractivity contribution in [1.82, 2.24) is 9.88 Å². The highest BCUT2D eigenvalue weighted by atomic mass is 16.5. The summed E-state index contributed by atoms with van der Waals surface area (Å²) < 4.78 is 16.4. The van der Waals surface area contributed by atoms with E-state index in [1.165, 1.54) is 55.7 Å². The summed E-state index contributed by atoms with van der Waals surface area (Å²) in [4.78, 5) is 32.8. The number of likely N-dealkylation sites (tertiary alicyclic amines) is 1. The number of ether oxygens (including phenoxy) is 3. The fraction of sp³-hybridized carbons (Fsp3) is 0.375. The fourth-order valence-electron chi connectivity index (χ4n) is 3.95. The summed E-state index contributed by atoms with van der Waals surface area (Å²) in [6, 6.07) is 5.40. The minimum atomic E-state index is -0.919. The van der Waals surface area contributed by atoms with Gasteiger partial charge in [-0.15, -0.1) is 0 Å². The Balaban J connectivity index is 2.22. The monoisotopic (exact) mass is 455 g/mol. The number of hydrogen-bond acceptors (Lipinski definition) is 7. The minimum Gasteiger partial charge on any atom is -0.872 e. The van der Waals surface area contributed by atoms with E-state index >= 15 is 0 Å². The summed E-state index contributed by atoms with van der Waals surface area (Å²) in [7, 11) is 8.49. The molecule has 1 aromatic heterocycles. The molecule has 3 rings (SSSR count). The lowest BCUT2D eigenvalue weighted by molar-refractivity contribution is -0.858. The van der Waals surface area contributed by atoms with Crippen LogP contribution in [0.25, 0.3) is 5.76 Å². The Labute approximate surface area is 193 Å². The Hall–Kier alpha value is -3.59. The first-order valence-corrected chi connectivity index (χ1v) is 10.6. The van der Waals surface area contributed by atoms with Gasteiger partial charge < -0.3 is 29.1 Å². The number of ketones is 1. The molecule has 0 bridgehead atoms. The first-order valence-electron chi connectivity index (χ1n) is 10.6. The summed E-state index contributed by atoms with van der Waals surface area (Å²) in [6.07, 6.45) is 3.60. The quantitative estimate of drug-likeness (QED) is 0.319. The average molecular weight is 456 g/mol. The van der Waals surface area contributed by atoms with Crippen LogP contribution >= 0.6 is 0 Å². The second kappa shape index (κ2) is 10.4. The van der Waals surface area contributed by atoms with Gasteiger partial charge in [0.2, 0.25) is 5.78 Å².